The van der Waals surface area contributed by atoms with Crippen LogP contribution in [0.3, 0.4) is 0 Å². The number of halogens is 1. The molecule has 0 spiro atoms. The van der Waals surface area contributed by atoms with Gasteiger partial charge in [0.2, 0.25) is 0 Å². The predicted octanol–water partition coefficient (Wildman–Crippen LogP) is -1.48. The van der Waals surface area contributed by atoms with Crippen LogP contribution in [0.25, 0.3) is 0 Å². The summed E-state index contributed by atoms with van der Waals surface area (Å²) in [6, 6.07) is 0. The lowest BCUT2D eigenvalue weighted by atomic mass is 10.1. The van der Waals surface area contributed by atoms with Crippen molar-refractivity contribution in [3.63, 3.8) is 0 Å². The van der Waals surface area contributed by atoms with Gasteiger partial charge in [-0.05, 0) is 0 Å². The summed E-state index contributed by atoms with van der Waals surface area (Å²) in [5, 5.41) is 26.9. The summed E-state index contributed by atoms with van der Waals surface area (Å²) in [6.45, 7) is -0.328. The summed E-state index contributed by atoms with van der Waals surface area (Å²) in [5.74, 6) is 0. The molecule has 7 nitrogen and oxygen atoms in total. The first-order valence-electron chi connectivity index (χ1n) is 5.09. The average Bonchev–Trinajstić information content (AvgIpc) is 2.61. The fourth-order valence-corrected chi connectivity index (χ4v) is 3.29. The van der Waals surface area contributed by atoms with Crippen LogP contribution >= 0.6 is 23.4 Å². The first-order valence-corrected chi connectivity index (χ1v) is 6.41. The molecule has 0 radical (unpaired) electrons. The lowest BCUT2D eigenvalue weighted by Gasteiger charge is -2.17. The van der Waals surface area contributed by atoms with Gasteiger partial charge in [0, 0.05) is 6.20 Å². The Morgan fingerprint density at radius 2 is 2.06 bits per heavy atom. The summed E-state index contributed by atoms with van der Waals surface area (Å²) in [5.41, 5.74) is -1.44. The number of aromatic nitrogens is 2. The van der Waals surface area contributed by atoms with Crippen LogP contribution in [-0.2, 0) is 0 Å². The number of aliphatic hydroxyl groups excluding tert-OH is 3. The second-order valence-corrected chi connectivity index (χ2v) is 5.64. The Morgan fingerprint density at radius 3 is 2.61 bits per heavy atom. The van der Waals surface area contributed by atoms with Crippen molar-refractivity contribution in [3.05, 3.63) is 32.1 Å². The summed E-state index contributed by atoms with van der Waals surface area (Å²) >= 11 is 6.65. The number of rotatable bonds is 2. The third-order valence-corrected chi connectivity index (χ3v) is 4.55. The number of H-pyrrole nitrogens is 1. The van der Waals surface area contributed by atoms with Crippen molar-refractivity contribution in [1.29, 1.82) is 0 Å². The van der Waals surface area contributed by atoms with Gasteiger partial charge >= 0.3 is 5.69 Å². The molecule has 0 bridgehead atoms. The lowest BCUT2D eigenvalue weighted by Crippen LogP contribution is -2.37. The molecule has 0 saturated carbocycles. The van der Waals surface area contributed by atoms with Gasteiger partial charge in [-0.1, -0.05) is 11.6 Å². The maximum absolute atomic E-state index is 11.6. The largest absolute Gasteiger partial charge is 0.395 e. The van der Waals surface area contributed by atoms with Crippen LogP contribution in [-0.4, -0.2) is 48.9 Å². The van der Waals surface area contributed by atoms with Crippen LogP contribution in [0.1, 0.15) is 5.37 Å². The predicted molar refractivity (Wildman–Crippen MR) is 65.8 cm³/mol. The minimum Gasteiger partial charge on any atom is -0.395 e. The number of hydrogen-bond donors (Lipinski definition) is 4. The minimum atomic E-state index is -1.23. The standard InChI is InChI=1S/C9H11ClN2O5S/c10-3-1-12(9(17)11-7(3)16)8-6(15)5(14)4(2-13)18-8/h1,4-6,8,13-15H,2H2,(H,11,16,17)/t4-,5-,6+,8-/m0/s1. The van der Waals surface area contributed by atoms with Crippen molar-refractivity contribution in [2.24, 2.45) is 0 Å². The van der Waals surface area contributed by atoms with Crippen molar-refractivity contribution < 1.29 is 15.3 Å². The van der Waals surface area contributed by atoms with Gasteiger partial charge in [0.05, 0.1) is 18.0 Å². The van der Waals surface area contributed by atoms with Crippen LogP contribution < -0.4 is 11.2 Å². The van der Waals surface area contributed by atoms with Gasteiger partial charge in [0.25, 0.3) is 5.56 Å². The number of aliphatic hydroxyl groups is 3. The molecule has 0 aliphatic carbocycles. The van der Waals surface area contributed by atoms with E-state index >= 15 is 0 Å². The monoisotopic (exact) mass is 294 g/mol. The van der Waals surface area contributed by atoms with Gasteiger partial charge in [0.1, 0.15) is 16.5 Å². The Hall–Kier alpha value is -0.800. The molecule has 1 saturated heterocycles. The van der Waals surface area contributed by atoms with E-state index in [1.807, 2.05) is 4.98 Å². The molecule has 1 aliphatic heterocycles. The fourth-order valence-electron chi connectivity index (χ4n) is 1.76. The molecule has 4 N–H and O–H groups in total. The van der Waals surface area contributed by atoms with E-state index in [2.05, 4.69) is 0 Å². The van der Waals surface area contributed by atoms with Crippen LogP contribution in [0.2, 0.25) is 5.02 Å². The maximum atomic E-state index is 11.6. The van der Waals surface area contributed by atoms with Crippen molar-refractivity contribution in [3.8, 4) is 0 Å². The first-order chi connectivity index (χ1) is 8.45. The molecule has 1 fully saturated rings. The van der Waals surface area contributed by atoms with E-state index in [0.29, 0.717) is 0 Å². The van der Waals surface area contributed by atoms with Gasteiger partial charge in [0.15, 0.2) is 0 Å². The second kappa shape index (κ2) is 5.06. The minimum absolute atomic E-state index is 0.190. The van der Waals surface area contributed by atoms with Crippen molar-refractivity contribution in [2.45, 2.75) is 22.8 Å². The van der Waals surface area contributed by atoms with Gasteiger partial charge in [-0.25, -0.2) is 4.79 Å². The van der Waals surface area contributed by atoms with E-state index in [4.69, 9.17) is 16.7 Å². The van der Waals surface area contributed by atoms with Gasteiger partial charge < -0.3 is 15.3 Å². The van der Waals surface area contributed by atoms with E-state index in [1.165, 1.54) is 0 Å². The summed E-state index contributed by atoms with van der Waals surface area (Å²) in [6.07, 6.45) is -1.27. The smallest absolute Gasteiger partial charge is 0.329 e. The highest BCUT2D eigenvalue weighted by Gasteiger charge is 2.43. The second-order valence-electron chi connectivity index (χ2n) is 3.87. The molecule has 0 amide bonds. The van der Waals surface area contributed by atoms with Crippen molar-refractivity contribution >= 4 is 23.4 Å². The Labute approximate surface area is 110 Å². The zero-order valence-corrected chi connectivity index (χ0v) is 10.6. The molecular weight excluding hydrogens is 284 g/mol. The lowest BCUT2D eigenvalue weighted by molar-refractivity contribution is 0.0101. The highest BCUT2D eigenvalue weighted by molar-refractivity contribution is 8.00. The highest BCUT2D eigenvalue weighted by Crippen LogP contribution is 2.40. The van der Waals surface area contributed by atoms with Gasteiger partial charge in [-0.15, -0.1) is 11.8 Å². The van der Waals surface area contributed by atoms with E-state index in [9.17, 15) is 19.8 Å². The molecule has 1 aliphatic rings. The number of hydrogen-bond acceptors (Lipinski definition) is 6. The zero-order chi connectivity index (χ0) is 13.4. The third kappa shape index (κ3) is 2.21. The number of nitrogens with zero attached hydrogens (tertiary/aromatic N) is 1. The normalized spacial score (nSPS) is 31.8. The quantitative estimate of drug-likeness (QED) is 0.529. The molecule has 1 aromatic heterocycles. The summed E-state index contributed by atoms with van der Waals surface area (Å²) in [7, 11) is 0. The molecule has 4 atom stereocenters. The van der Waals surface area contributed by atoms with Crippen molar-refractivity contribution in [2.75, 3.05) is 6.61 Å². The van der Waals surface area contributed by atoms with Crippen LogP contribution in [0.4, 0.5) is 0 Å². The third-order valence-electron chi connectivity index (χ3n) is 2.72. The summed E-state index contributed by atoms with van der Waals surface area (Å²) < 4.78 is 1.04. The molecule has 0 aromatic carbocycles. The molecule has 0 unspecified atom stereocenters. The number of nitrogens with one attached hydrogen (secondary N) is 1. The Kier molecular flexibility index (Phi) is 3.83. The molecular formula is C9H11ClN2O5S. The topological polar surface area (TPSA) is 116 Å². The molecule has 18 heavy (non-hydrogen) atoms. The van der Waals surface area contributed by atoms with Crippen LogP contribution in [0.5, 0.6) is 0 Å². The fraction of sp³-hybridized carbons (Fsp3) is 0.556. The average molecular weight is 295 g/mol. The number of aromatic amines is 1. The SMILES string of the molecule is O=c1[nH]c(=O)n([C@H]2S[C@@H](CO)[C@H](O)[C@H]2O)cc1Cl. The highest BCUT2D eigenvalue weighted by atomic mass is 35.5. The van der Waals surface area contributed by atoms with Gasteiger partial charge in [-0.2, -0.15) is 0 Å². The zero-order valence-electron chi connectivity index (χ0n) is 8.99. The van der Waals surface area contributed by atoms with E-state index in [0.717, 1.165) is 22.5 Å². The van der Waals surface area contributed by atoms with Gasteiger partial charge in [-0.3, -0.25) is 14.3 Å². The molecule has 2 rings (SSSR count). The first kappa shape index (κ1) is 13.6. The molecule has 1 aromatic rings. The van der Waals surface area contributed by atoms with E-state index in [-0.39, 0.29) is 11.6 Å². The van der Waals surface area contributed by atoms with E-state index < -0.39 is 34.1 Å². The maximum Gasteiger partial charge on any atom is 0.329 e. The molecule has 9 heteroatoms. The van der Waals surface area contributed by atoms with Crippen LogP contribution in [0.15, 0.2) is 15.8 Å². The van der Waals surface area contributed by atoms with Crippen LogP contribution in [0, 0.1) is 0 Å². The van der Waals surface area contributed by atoms with Crippen molar-refractivity contribution in [1.82, 2.24) is 9.55 Å². The molecule has 100 valence electrons. The Balaban J connectivity index is 2.42. The molecule has 2 heterocycles. The van der Waals surface area contributed by atoms with E-state index in [1.54, 1.807) is 0 Å². The number of thioether (sulfide) groups is 1. The summed E-state index contributed by atoms with van der Waals surface area (Å²) in [4.78, 5) is 24.7. The Morgan fingerprint density at radius 1 is 1.39 bits per heavy atom. The Bertz CT molecular complexity index is 559.